The van der Waals surface area contributed by atoms with E-state index in [1.807, 2.05) is 64.2 Å². The van der Waals surface area contributed by atoms with E-state index in [1.165, 1.54) is 6.20 Å². The van der Waals surface area contributed by atoms with Gasteiger partial charge in [-0.05, 0) is 48.5 Å². The molecule has 2 aliphatic rings. The van der Waals surface area contributed by atoms with Crippen LogP contribution in [0.2, 0.25) is 0 Å². The molecule has 180 valence electrons. The van der Waals surface area contributed by atoms with Gasteiger partial charge in [-0.1, -0.05) is 0 Å². The predicted octanol–water partition coefficient (Wildman–Crippen LogP) is 1.55. The molecule has 10 nitrogen and oxygen atoms in total. The van der Waals surface area contributed by atoms with Crippen molar-refractivity contribution in [3.05, 3.63) is 30.0 Å². The van der Waals surface area contributed by atoms with Crippen LogP contribution in [-0.4, -0.2) is 63.1 Å². The second-order valence-electron chi connectivity index (χ2n) is 10.5. The molecule has 2 aromatic rings. The second kappa shape index (κ2) is 8.36. The Morgan fingerprint density at radius 1 is 1.21 bits per heavy atom. The molecule has 0 spiro atoms. The van der Waals surface area contributed by atoms with Gasteiger partial charge in [0.15, 0.2) is 11.5 Å². The van der Waals surface area contributed by atoms with Gasteiger partial charge < -0.3 is 19.5 Å². The highest BCUT2D eigenvalue weighted by Gasteiger charge is 2.53. The highest BCUT2D eigenvalue weighted by Crippen LogP contribution is 2.38. The number of rotatable bonds is 6. The van der Waals surface area contributed by atoms with Crippen LogP contribution in [0.4, 0.5) is 5.82 Å². The number of amides is 1. The zero-order valence-electron chi connectivity index (χ0n) is 20.9. The maximum atomic E-state index is 12.6. The number of carbonyl (C=O) groups excluding carboxylic acids is 1. The average Bonchev–Trinajstić information content (AvgIpc) is 3.20. The number of aromatic nitrogens is 4. The molecular weight excluding hydrogens is 433 g/mol. The second-order valence-corrected chi connectivity index (χ2v) is 10.5. The molecule has 0 saturated carbocycles. The van der Waals surface area contributed by atoms with Crippen LogP contribution in [0.15, 0.2) is 18.6 Å². The fraction of sp³-hybridized carbons (Fsp3) is 0.609. The van der Waals surface area contributed by atoms with Crippen molar-refractivity contribution in [2.75, 3.05) is 18.0 Å². The number of nitriles is 1. The van der Waals surface area contributed by atoms with Gasteiger partial charge in [-0.15, -0.1) is 0 Å². The van der Waals surface area contributed by atoms with Gasteiger partial charge in [-0.3, -0.25) is 9.48 Å². The van der Waals surface area contributed by atoms with E-state index in [1.54, 1.807) is 6.20 Å². The molecular formula is C23H32BN7O3. The SMILES string of the molecule is Cc1nn(C2(CC#N)CN(c3nccnc3C(=O)NC(C)C)C2)cc1B1OC(C)(C)C(C)(C)O1. The Morgan fingerprint density at radius 2 is 1.82 bits per heavy atom. The maximum Gasteiger partial charge on any atom is 0.498 e. The molecule has 0 bridgehead atoms. The van der Waals surface area contributed by atoms with Gasteiger partial charge in [0.2, 0.25) is 0 Å². The third-order valence-electron chi connectivity index (χ3n) is 6.92. The topological polar surface area (TPSA) is 118 Å². The lowest BCUT2D eigenvalue weighted by molar-refractivity contribution is 0.00578. The minimum atomic E-state index is -0.551. The van der Waals surface area contributed by atoms with Gasteiger partial charge in [0.25, 0.3) is 5.91 Å². The van der Waals surface area contributed by atoms with Crippen LogP contribution in [0.1, 0.15) is 64.1 Å². The molecule has 11 heteroatoms. The Kier molecular flexibility index (Phi) is 5.94. The number of anilines is 1. The molecule has 34 heavy (non-hydrogen) atoms. The van der Waals surface area contributed by atoms with Crippen LogP contribution in [-0.2, 0) is 14.8 Å². The molecule has 0 unspecified atom stereocenters. The van der Waals surface area contributed by atoms with E-state index in [0.29, 0.717) is 18.9 Å². The zero-order valence-corrected chi connectivity index (χ0v) is 20.9. The lowest BCUT2D eigenvalue weighted by Crippen LogP contribution is -2.63. The van der Waals surface area contributed by atoms with Crippen LogP contribution in [0.25, 0.3) is 0 Å². The average molecular weight is 465 g/mol. The van der Waals surface area contributed by atoms with Gasteiger partial charge in [-0.2, -0.15) is 10.4 Å². The van der Waals surface area contributed by atoms with Crippen molar-refractivity contribution in [3.63, 3.8) is 0 Å². The maximum absolute atomic E-state index is 12.6. The minimum Gasteiger partial charge on any atom is -0.399 e. The van der Waals surface area contributed by atoms with Crippen molar-refractivity contribution in [1.82, 2.24) is 25.1 Å². The van der Waals surface area contributed by atoms with Gasteiger partial charge >= 0.3 is 7.12 Å². The van der Waals surface area contributed by atoms with Crippen LogP contribution in [0.3, 0.4) is 0 Å². The van der Waals surface area contributed by atoms with Crippen LogP contribution in [0, 0.1) is 18.3 Å². The van der Waals surface area contributed by atoms with E-state index in [-0.39, 0.29) is 24.1 Å². The molecule has 2 aromatic heterocycles. The largest absolute Gasteiger partial charge is 0.498 e. The molecule has 0 radical (unpaired) electrons. The highest BCUT2D eigenvalue weighted by molar-refractivity contribution is 6.62. The van der Waals surface area contributed by atoms with Gasteiger partial charge in [0, 0.05) is 43.2 Å². The summed E-state index contributed by atoms with van der Waals surface area (Å²) in [5.41, 5.74) is 0.462. The molecule has 1 amide bonds. The summed E-state index contributed by atoms with van der Waals surface area (Å²) < 4.78 is 14.3. The number of aryl methyl sites for hydroxylation is 1. The Bertz CT molecular complexity index is 1120. The van der Waals surface area contributed by atoms with Crippen molar-refractivity contribution in [2.24, 2.45) is 0 Å². The first kappa shape index (κ1) is 24.2. The zero-order chi connectivity index (χ0) is 24.9. The number of hydrogen-bond acceptors (Lipinski definition) is 8. The summed E-state index contributed by atoms with van der Waals surface area (Å²) in [4.78, 5) is 23.3. The fourth-order valence-electron chi connectivity index (χ4n) is 4.27. The molecule has 4 rings (SSSR count). The summed E-state index contributed by atoms with van der Waals surface area (Å²) in [6.45, 7) is 14.7. The van der Waals surface area contributed by atoms with E-state index in [2.05, 4.69) is 21.4 Å². The van der Waals surface area contributed by atoms with Gasteiger partial charge in [0.05, 0.1) is 29.4 Å². The highest BCUT2D eigenvalue weighted by atomic mass is 16.7. The fourth-order valence-corrected chi connectivity index (χ4v) is 4.27. The van der Waals surface area contributed by atoms with Crippen molar-refractivity contribution in [2.45, 2.75) is 77.7 Å². The first-order valence-electron chi connectivity index (χ1n) is 11.6. The van der Waals surface area contributed by atoms with Crippen molar-refractivity contribution >= 4 is 24.3 Å². The monoisotopic (exact) mass is 465 g/mol. The first-order valence-corrected chi connectivity index (χ1v) is 11.6. The lowest BCUT2D eigenvalue weighted by Gasteiger charge is -2.49. The number of carbonyl (C=O) groups is 1. The summed E-state index contributed by atoms with van der Waals surface area (Å²) in [6, 6.07) is 2.29. The number of nitrogens with one attached hydrogen (secondary N) is 1. The molecule has 0 aromatic carbocycles. The third kappa shape index (κ3) is 4.05. The van der Waals surface area contributed by atoms with Crippen LogP contribution in [0.5, 0.6) is 0 Å². The number of hydrogen-bond donors (Lipinski definition) is 1. The van der Waals surface area contributed by atoms with Crippen molar-refractivity contribution < 1.29 is 14.1 Å². The molecule has 4 heterocycles. The smallest absolute Gasteiger partial charge is 0.399 e. The summed E-state index contributed by atoms with van der Waals surface area (Å²) in [5, 5.41) is 17.2. The number of nitrogens with zero attached hydrogens (tertiary/aromatic N) is 6. The Hall–Kier alpha value is -2.97. The van der Waals surface area contributed by atoms with E-state index < -0.39 is 23.9 Å². The summed E-state index contributed by atoms with van der Waals surface area (Å²) >= 11 is 0. The molecule has 0 aliphatic carbocycles. The summed E-state index contributed by atoms with van der Waals surface area (Å²) in [7, 11) is -0.527. The normalized spacial score (nSPS) is 20.2. The van der Waals surface area contributed by atoms with E-state index in [4.69, 9.17) is 14.4 Å². The standard InChI is InChI=1S/C23H32BN7O3/c1-15(2)28-20(32)18-19(27-11-10-26-18)30-13-23(14-30,8-9-25)31-12-17(16(3)29-31)24-33-21(4,5)22(6,7)34-24/h10-12,15H,8,13-14H2,1-7H3,(H,28,32). The van der Waals surface area contributed by atoms with E-state index in [0.717, 1.165) is 11.2 Å². The van der Waals surface area contributed by atoms with Crippen LogP contribution < -0.4 is 15.7 Å². The van der Waals surface area contributed by atoms with Crippen molar-refractivity contribution in [3.8, 4) is 6.07 Å². The predicted molar refractivity (Wildman–Crippen MR) is 128 cm³/mol. The third-order valence-corrected chi connectivity index (χ3v) is 6.92. The minimum absolute atomic E-state index is 0.0168. The van der Waals surface area contributed by atoms with Crippen LogP contribution >= 0.6 is 0 Å². The Morgan fingerprint density at radius 3 is 2.41 bits per heavy atom. The van der Waals surface area contributed by atoms with E-state index in [9.17, 15) is 10.1 Å². The Labute approximate surface area is 200 Å². The molecule has 2 aliphatic heterocycles. The lowest BCUT2D eigenvalue weighted by atomic mass is 9.79. The van der Waals surface area contributed by atoms with Gasteiger partial charge in [-0.25, -0.2) is 9.97 Å². The molecule has 1 N–H and O–H groups in total. The summed E-state index contributed by atoms with van der Waals surface area (Å²) in [6.07, 6.45) is 5.27. The Balaban J connectivity index is 1.59. The van der Waals surface area contributed by atoms with Crippen molar-refractivity contribution in [1.29, 1.82) is 5.26 Å². The first-order chi connectivity index (χ1) is 15.9. The molecule has 0 atom stereocenters. The summed E-state index contributed by atoms with van der Waals surface area (Å²) in [5.74, 6) is 0.234. The molecule has 2 saturated heterocycles. The quantitative estimate of drug-likeness (QED) is 0.639. The van der Waals surface area contributed by atoms with E-state index >= 15 is 0 Å². The van der Waals surface area contributed by atoms with Gasteiger partial charge in [0.1, 0.15) is 5.54 Å². The molecule has 2 fully saturated rings.